The largest absolute Gasteiger partial charge is 0.392 e. The number of rotatable bonds is 5. The second kappa shape index (κ2) is 5.96. The van der Waals surface area contributed by atoms with Crippen molar-refractivity contribution in [2.24, 2.45) is 0 Å². The summed E-state index contributed by atoms with van der Waals surface area (Å²) in [5.41, 5.74) is -0.735. The van der Waals surface area contributed by atoms with Crippen LogP contribution >= 0.6 is 0 Å². The van der Waals surface area contributed by atoms with Gasteiger partial charge in [0.25, 0.3) is 0 Å². The number of hydrogen-bond donors (Lipinski definition) is 3. The maximum Gasteiger partial charge on any atom is 0.0869 e. The van der Waals surface area contributed by atoms with Crippen molar-refractivity contribution in [2.45, 2.75) is 50.4 Å². The lowest BCUT2D eigenvalue weighted by Gasteiger charge is -2.33. The highest BCUT2D eigenvalue weighted by Crippen LogP contribution is 2.18. The minimum Gasteiger partial charge on any atom is -0.392 e. The van der Waals surface area contributed by atoms with Crippen LogP contribution in [0.1, 0.15) is 32.6 Å². The van der Waals surface area contributed by atoms with E-state index in [9.17, 15) is 10.2 Å². The first-order valence-electron chi connectivity index (χ1n) is 6.19. The number of nitrogens with one attached hydrogen (secondary N) is 1. The number of hydrogen-bond acceptors (Lipinski definition) is 4. The summed E-state index contributed by atoms with van der Waals surface area (Å²) in [7, 11) is 3.90. The first kappa shape index (κ1) is 13.9. The Morgan fingerprint density at radius 2 is 1.94 bits per heavy atom. The highest BCUT2D eigenvalue weighted by Gasteiger charge is 2.27. The fraction of sp³-hybridized carbons (Fsp3) is 1.00. The molecule has 0 heterocycles. The van der Waals surface area contributed by atoms with E-state index in [1.165, 1.54) is 6.42 Å². The van der Waals surface area contributed by atoms with Crippen LogP contribution < -0.4 is 5.32 Å². The highest BCUT2D eigenvalue weighted by molar-refractivity contribution is 4.85. The van der Waals surface area contributed by atoms with Crippen LogP contribution in [0.5, 0.6) is 0 Å². The van der Waals surface area contributed by atoms with E-state index in [2.05, 4.69) is 5.32 Å². The van der Waals surface area contributed by atoms with Crippen molar-refractivity contribution in [3.63, 3.8) is 0 Å². The first-order valence-corrected chi connectivity index (χ1v) is 6.19. The predicted octanol–water partition coefficient (Wildman–Crippen LogP) is 0.192. The van der Waals surface area contributed by atoms with Crippen LogP contribution in [0, 0.1) is 0 Å². The molecule has 1 saturated carbocycles. The molecule has 0 radical (unpaired) electrons. The Balaban J connectivity index is 2.31. The van der Waals surface area contributed by atoms with Crippen molar-refractivity contribution in [2.75, 3.05) is 27.2 Å². The summed E-state index contributed by atoms with van der Waals surface area (Å²) in [6.45, 7) is 2.99. The molecule has 1 aliphatic rings. The van der Waals surface area contributed by atoms with Crippen molar-refractivity contribution < 1.29 is 10.2 Å². The molecule has 1 rings (SSSR count). The zero-order valence-corrected chi connectivity index (χ0v) is 10.7. The lowest BCUT2D eigenvalue weighted by Crippen LogP contribution is -2.51. The van der Waals surface area contributed by atoms with E-state index < -0.39 is 5.60 Å². The number of aliphatic hydroxyl groups is 2. The summed E-state index contributed by atoms with van der Waals surface area (Å²) in [5.74, 6) is 0. The van der Waals surface area contributed by atoms with Gasteiger partial charge in [-0.05, 0) is 33.9 Å². The Morgan fingerprint density at radius 3 is 2.50 bits per heavy atom. The second-order valence-electron chi connectivity index (χ2n) is 5.57. The third-order valence-corrected chi connectivity index (χ3v) is 3.13. The van der Waals surface area contributed by atoms with E-state index in [1.807, 2.05) is 25.9 Å². The van der Waals surface area contributed by atoms with Gasteiger partial charge in [0.15, 0.2) is 0 Å². The summed E-state index contributed by atoms with van der Waals surface area (Å²) < 4.78 is 0. The molecule has 3 N–H and O–H groups in total. The monoisotopic (exact) mass is 230 g/mol. The Bertz CT molecular complexity index is 207. The molecule has 96 valence electrons. The number of nitrogens with zero attached hydrogens (tertiary/aromatic N) is 1. The Kier molecular flexibility index (Phi) is 5.18. The molecule has 0 amide bonds. The fourth-order valence-electron chi connectivity index (χ4n) is 2.44. The molecule has 1 unspecified atom stereocenters. The minimum absolute atomic E-state index is 0.155. The van der Waals surface area contributed by atoms with Crippen LogP contribution in [0.25, 0.3) is 0 Å². The topological polar surface area (TPSA) is 55.7 Å². The van der Waals surface area contributed by atoms with Crippen molar-refractivity contribution in [3.05, 3.63) is 0 Å². The van der Waals surface area contributed by atoms with Gasteiger partial charge in [-0.2, -0.15) is 0 Å². The van der Waals surface area contributed by atoms with E-state index in [0.717, 1.165) is 19.3 Å². The molecular formula is C12H26N2O2. The van der Waals surface area contributed by atoms with Crippen molar-refractivity contribution in [1.82, 2.24) is 10.2 Å². The van der Waals surface area contributed by atoms with Crippen LogP contribution in [0.3, 0.4) is 0 Å². The summed E-state index contributed by atoms with van der Waals surface area (Å²) in [6.07, 6.45) is 3.94. The molecule has 0 aromatic carbocycles. The Labute approximate surface area is 98.6 Å². The Hall–Kier alpha value is -0.160. The van der Waals surface area contributed by atoms with E-state index in [-0.39, 0.29) is 12.1 Å². The Morgan fingerprint density at radius 1 is 1.31 bits per heavy atom. The van der Waals surface area contributed by atoms with Crippen molar-refractivity contribution in [3.8, 4) is 0 Å². The van der Waals surface area contributed by atoms with E-state index in [1.54, 1.807) is 0 Å². The summed E-state index contributed by atoms with van der Waals surface area (Å²) >= 11 is 0. The molecule has 0 bridgehead atoms. The minimum atomic E-state index is -0.735. The van der Waals surface area contributed by atoms with Crippen LogP contribution in [-0.4, -0.2) is 60.0 Å². The van der Waals surface area contributed by atoms with Gasteiger partial charge in [-0.3, -0.25) is 0 Å². The van der Waals surface area contributed by atoms with E-state index >= 15 is 0 Å². The second-order valence-corrected chi connectivity index (χ2v) is 5.57. The number of aliphatic hydroxyl groups excluding tert-OH is 1. The quantitative estimate of drug-likeness (QED) is 0.631. The zero-order chi connectivity index (χ0) is 12.2. The van der Waals surface area contributed by atoms with Gasteiger partial charge in [0.2, 0.25) is 0 Å². The lowest BCUT2D eigenvalue weighted by atomic mass is 9.92. The van der Waals surface area contributed by atoms with Crippen molar-refractivity contribution in [1.29, 1.82) is 0 Å². The van der Waals surface area contributed by atoms with Gasteiger partial charge in [-0.15, -0.1) is 0 Å². The van der Waals surface area contributed by atoms with Gasteiger partial charge in [-0.25, -0.2) is 0 Å². The third kappa shape index (κ3) is 4.78. The van der Waals surface area contributed by atoms with Gasteiger partial charge in [0.1, 0.15) is 0 Å². The molecule has 4 heteroatoms. The van der Waals surface area contributed by atoms with Gasteiger partial charge >= 0.3 is 0 Å². The van der Waals surface area contributed by atoms with Gasteiger partial charge in [-0.1, -0.05) is 12.8 Å². The zero-order valence-electron chi connectivity index (χ0n) is 10.7. The van der Waals surface area contributed by atoms with Crippen LogP contribution in [0.2, 0.25) is 0 Å². The highest BCUT2D eigenvalue weighted by atomic mass is 16.3. The molecule has 16 heavy (non-hydrogen) atoms. The van der Waals surface area contributed by atoms with Gasteiger partial charge < -0.3 is 20.4 Å². The molecule has 0 aliphatic heterocycles. The molecule has 0 aromatic rings. The molecule has 0 spiro atoms. The van der Waals surface area contributed by atoms with Crippen LogP contribution in [0.4, 0.5) is 0 Å². The van der Waals surface area contributed by atoms with E-state index in [0.29, 0.717) is 13.1 Å². The van der Waals surface area contributed by atoms with Gasteiger partial charge in [0, 0.05) is 19.1 Å². The average Bonchev–Trinajstić information content (AvgIpc) is 2.14. The lowest BCUT2D eigenvalue weighted by molar-refractivity contribution is 0.0190. The molecular weight excluding hydrogens is 204 g/mol. The fourth-order valence-corrected chi connectivity index (χ4v) is 2.44. The first-order chi connectivity index (χ1) is 7.41. The third-order valence-electron chi connectivity index (χ3n) is 3.13. The average molecular weight is 230 g/mol. The summed E-state index contributed by atoms with van der Waals surface area (Å²) in [5, 5.41) is 23.2. The molecule has 0 saturated heterocycles. The predicted molar refractivity (Wildman–Crippen MR) is 65.4 cm³/mol. The van der Waals surface area contributed by atoms with Crippen molar-refractivity contribution >= 4 is 0 Å². The van der Waals surface area contributed by atoms with Crippen LogP contribution in [0.15, 0.2) is 0 Å². The summed E-state index contributed by atoms with van der Waals surface area (Å²) in [6, 6.07) is 0.155. The maximum atomic E-state index is 10.1. The normalized spacial score (nSPS) is 30.4. The summed E-state index contributed by atoms with van der Waals surface area (Å²) in [4.78, 5) is 1.97. The number of likely N-dealkylation sites (N-methyl/N-ethyl adjacent to an activating group) is 1. The molecule has 1 fully saturated rings. The molecule has 3 atom stereocenters. The van der Waals surface area contributed by atoms with E-state index in [4.69, 9.17) is 0 Å². The van der Waals surface area contributed by atoms with Crippen LogP contribution in [-0.2, 0) is 0 Å². The SMILES string of the molecule is CN(C)CC(C)(O)CN[C@H]1CCCC[C@@H]1O. The molecule has 0 aromatic heterocycles. The molecule has 1 aliphatic carbocycles. The maximum absolute atomic E-state index is 10.1. The standard InChI is InChI=1S/C12H26N2O2/c1-12(16,9-14(2)3)8-13-10-6-4-5-7-11(10)15/h10-11,13,15-16H,4-9H2,1-3H3/t10-,11-,12?/m0/s1. The molecule has 4 nitrogen and oxygen atoms in total. The smallest absolute Gasteiger partial charge is 0.0869 e. The van der Waals surface area contributed by atoms with Gasteiger partial charge in [0.05, 0.1) is 11.7 Å².